The van der Waals surface area contributed by atoms with Gasteiger partial charge in [0, 0.05) is 0 Å². The number of guanidine groups is 1. The van der Waals surface area contributed by atoms with E-state index in [0.29, 0.717) is 17.2 Å². The van der Waals surface area contributed by atoms with Crippen molar-refractivity contribution in [3.8, 4) is 11.5 Å². The van der Waals surface area contributed by atoms with E-state index in [1.165, 1.54) is 0 Å². The highest BCUT2D eigenvalue weighted by Gasteiger charge is 2.28. The van der Waals surface area contributed by atoms with Gasteiger partial charge in [-0.15, -0.1) is 12.4 Å². The minimum atomic E-state index is -0.319. The molecule has 1 aliphatic rings. The van der Waals surface area contributed by atoms with Crippen molar-refractivity contribution in [2.45, 2.75) is 25.2 Å². The van der Waals surface area contributed by atoms with E-state index < -0.39 is 0 Å². The summed E-state index contributed by atoms with van der Waals surface area (Å²) in [6, 6.07) is 12.7. The van der Waals surface area contributed by atoms with Crippen LogP contribution in [0.3, 0.4) is 0 Å². The average Bonchev–Trinajstić information content (AvgIpc) is 2.61. The molecule has 26 heavy (non-hydrogen) atoms. The van der Waals surface area contributed by atoms with Crippen molar-refractivity contribution in [2.24, 2.45) is 16.5 Å². The van der Waals surface area contributed by atoms with Crippen molar-refractivity contribution in [2.75, 3.05) is 7.11 Å². The fourth-order valence-electron chi connectivity index (χ4n) is 3.08. The SMILES string of the molecule is COc1ccc(OC(=O)C2CCCc3ccc(N=C(N)N)cc32)cc1.Cl. The molecule has 138 valence electrons. The molecule has 0 aliphatic heterocycles. The Hall–Kier alpha value is -2.73. The van der Waals surface area contributed by atoms with E-state index in [4.69, 9.17) is 20.9 Å². The van der Waals surface area contributed by atoms with Gasteiger partial charge in [0.25, 0.3) is 0 Å². The first-order valence-corrected chi connectivity index (χ1v) is 8.15. The number of methoxy groups -OCH3 is 1. The lowest BCUT2D eigenvalue weighted by molar-refractivity contribution is -0.136. The molecule has 0 fully saturated rings. The quantitative estimate of drug-likeness (QED) is 0.370. The smallest absolute Gasteiger partial charge is 0.318 e. The summed E-state index contributed by atoms with van der Waals surface area (Å²) >= 11 is 0. The Morgan fingerprint density at radius 1 is 1.12 bits per heavy atom. The van der Waals surface area contributed by atoms with Crippen LogP contribution in [0.15, 0.2) is 47.5 Å². The van der Waals surface area contributed by atoms with Crippen LogP contribution in [0.2, 0.25) is 0 Å². The number of carbonyl (C=O) groups is 1. The molecule has 0 aromatic heterocycles. The van der Waals surface area contributed by atoms with Gasteiger partial charge in [0.15, 0.2) is 5.96 Å². The number of ether oxygens (including phenoxy) is 2. The van der Waals surface area contributed by atoms with Crippen LogP contribution in [0.25, 0.3) is 0 Å². The number of benzene rings is 2. The Labute approximate surface area is 158 Å². The Morgan fingerprint density at radius 3 is 2.46 bits per heavy atom. The molecule has 0 spiro atoms. The fraction of sp³-hybridized carbons (Fsp3) is 0.263. The average molecular weight is 376 g/mol. The number of carbonyl (C=O) groups excluding carboxylic acids is 1. The second kappa shape index (κ2) is 8.58. The predicted octanol–water partition coefficient (Wildman–Crippen LogP) is 3.05. The first kappa shape index (κ1) is 19.6. The highest BCUT2D eigenvalue weighted by molar-refractivity contribution is 5.85. The van der Waals surface area contributed by atoms with Gasteiger partial charge in [-0.25, -0.2) is 4.99 Å². The molecule has 1 unspecified atom stereocenters. The van der Waals surface area contributed by atoms with Gasteiger partial charge in [-0.3, -0.25) is 4.79 Å². The van der Waals surface area contributed by atoms with Crippen molar-refractivity contribution in [1.82, 2.24) is 0 Å². The number of halogens is 1. The summed E-state index contributed by atoms with van der Waals surface area (Å²) in [5.41, 5.74) is 13.6. The van der Waals surface area contributed by atoms with Crippen molar-refractivity contribution in [3.05, 3.63) is 53.6 Å². The van der Waals surface area contributed by atoms with Gasteiger partial charge in [0.1, 0.15) is 11.5 Å². The minimum absolute atomic E-state index is 0. The Kier molecular flexibility index (Phi) is 6.46. The van der Waals surface area contributed by atoms with Gasteiger partial charge in [-0.1, -0.05) is 6.07 Å². The molecule has 3 rings (SSSR count). The molecule has 4 N–H and O–H groups in total. The van der Waals surface area contributed by atoms with Gasteiger partial charge < -0.3 is 20.9 Å². The summed E-state index contributed by atoms with van der Waals surface area (Å²) in [7, 11) is 1.59. The Balaban J connectivity index is 0.00000243. The van der Waals surface area contributed by atoms with E-state index in [0.717, 1.165) is 30.4 Å². The van der Waals surface area contributed by atoms with E-state index in [1.54, 1.807) is 31.4 Å². The van der Waals surface area contributed by atoms with E-state index in [1.807, 2.05) is 18.2 Å². The Bertz CT molecular complexity index is 802. The molecule has 6 nitrogen and oxygen atoms in total. The maximum Gasteiger partial charge on any atom is 0.318 e. The molecule has 2 aromatic carbocycles. The van der Waals surface area contributed by atoms with Gasteiger partial charge in [0.2, 0.25) is 0 Å². The maximum atomic E-state index is 12.7. The summed E-state index contributed by atoms with van der Waals surface area (Å²) in [6.07, 6.45) is 2.62. The molecule has 0 radical (unpaired) electrons. The Morgan fingerprint density at radius 2 is 1.81 bits per heavy atom. The van der Waals surface area contributed by atoms with Crippen LogP contribution in [0.4, 0.5) is 5.69 Å². The van der Waals surface area contributed by atoms with Crippen molar-refractivity contribution in [1.29, 1.82) is 0 Å². The summed E-state index contributed by atoms with van der Waals surface area (Å²) < 4.78 is 10.7. The van der Waals surface area contributed by atoms with Crippen LogP contribution >= 0.6 is 12.4 Å². The fourth-order valence-corrected chi connectivity index (χ4v) is 3.08. The zero-order valence-corrected chi connectivity index (χ0v) is 15.3. The van der Waals surface area contributed by atoms with Crippen LogP contribution in [-0.4, -0.2) is 19.0 Å². The number of hydrogen-bond donors (Lipinski definition) is 2. The van der Waals surface area contributed by atoms with Crippen LogP contribution in [0.5, 0.6) is 11.5 Å². The molecule has 2 aromatic rings. The molecule has 1 aliphatic carbocycles. The molecule has 0 heterocycles. The van der Waals surface area contributed by atoms with E-state index in [2.05, 4.69) is 4.99 Å². The number of esters is 1. The molecular formula is C19H22ClN3O3. The van der Waals surface area contributed by atoms with Crippen molar-refractivity contribution >= 4 is 30.0 Å². The monoisotopic (exact) mass is 375 g/mol. The minimum Gasteiger partial charge on any atom is -0.497 e. The van der Waals surface area contributed by atoms with Crippen molar-refractivity contribution < 1.29 is 14.3 Å². The number of fused-ring (bicyclic) bond motifs is 1. The van der Waals surface area contributed by atoms with Crippen LogP contribution in [0.1, 0.15) is 29.9 Å². The van der Waals surface area contributed by atoms with Crippen molar-refractivity contribution in [3.63, 3.8) is 0 Å². The third-order valence-electron chi connectivity index (χ3n) is 4.26. The first-order valence-electron chi connectivity index (χ1n) is 8.15. The molecule has 0 amide bonds. The first-order chi connectivity index (χ1) is 12.1. The third-order valence-corrected chi connectivity index (χ3v) is 4.26. The van der Waals surface area contributed by atoms with E-state index in [9.17, 15) is 4.79 Å². The zero-order chi connectivity index (χ0) is 17.8. The molecular weight excluding hydrogens is 354 g/mol. The normalized spacial score (nSPS) is 15.2. The predicted molar refractivity (Wildman–Crippen MR) is 103 cm³/mol. The highest BCUT2D eigenvalue weighted by atomic mass is 35.5. The van der Waals surface area contributed by atoms with E-state index in [-0.39, 0.29) is 30.3 Å². The standard InChI is InChI=1S/C19H21N3O3.ClH/c1-24-14-7-9-15(10-8-14)25-18(23)16-4-2-3-12-5-6-13(11-17(12)16)22-19(20)21;/h5-11,16H,2-4H2,1H3,(H4,20,21,22);1H. The number of hydrogen-bond acceptors (Lipinski definition) is 4. The lowest BCUT2D eigenvalue weighted by Gasteiger charge is -2.24. The molecule has 0 saturated heterocycles. The number of nitrogens with zero attached hydrogens (tertiary/aromatic N) is 1. The second-order valence-corrected chi connectivity index (χ2v) is 5.96. The molecule has 0 saturated carbocycles. The largest absolute Gasteiger partial charge is 0.497 e. The van der Waals surface area contributed by atoms with Gasteiger partial charge >= 0.3 is 5.97 Å². The summed E-state index contributed by atoms with van der Waals surface area (Å²) in [5.74, 6) is 0.615. The van der Waals surface area contributed by atoms with Gasteiger partial charge in [-0.2, -0.15) is 0 Å². The lowest BCUT2D eigenvalue weighted by Crippen LogP contribution is -2.23. The second-order valence-electron chi connectivity index (χ2n) is 5.96. The van der Waals surface area contributed by atoms with Gasteiger partial charge in [0.05, 0.1) is 18.7 Å². The molecule has 1 atom stereocenters. The number of rotatable bonds is 4. The number of aryl methyl sites for hydroxylation is 1. The van der Waals surface area contributed by atoms with E-state index >= 15 is 0 Å². The number of aliphatic imine (C=N–C) groups is 1. The van der Waals surface area contributed by atoms with Crippen LogP contribution in [-0.2, 0) is 11.2 Å². The van der Waals surface area contributed by atoms with Crippen LogP contribution < -0.4 is 20.9 Å². The molecule has 7 heteroatoms. The summed E-state index contributed by atoms with van der Waals surface area (Å²) in [5, 5.41) is 0. The molecule has 0 bridgehead atoms. The third kappa shape index (κ3) is 4.46. The lowest BCUT2D eigenvalue weighted by atomic mass is 9.82. The van der Waals surface area contributed by atoms with Gasteiger partial charge in [-0.05, 0) is 66.8 Å². The van der Waals surface area contributed by atoms with Crippen LogP contribution in [0, 0.1) is 0 Å². The zero-order valence-electron chi connectivity index (χ0n) is 14.5. The topological polar surface area (TPSA) is 99.9 Å². The maximum absolute atomic E-state index is 12.7. The summed E-state index contributed by atoms with van der Waals surface area (Å²) in [4.78, 5) is 16.8. The highest BCUT2D eigenvalue weighted by Crippen LogP contribution is 2.35. The number of nitrogens with two attached hydrogens (primary N) is 2. The summed E-state index contributed by atoms with van der Waals surface area (Å²) in [6.45, 7) is 0.